The lowest BCUT2D eigenvalue weighted by atomic mass is 9.57. The van der Waals surface area contributed by atoms with Gasteiger partial charge in [-0.3, -0.25) is 0 Å². The summed E-state index contributed by atoms with van der Waals surface area (Å²) >= 11 is 0. The summed E-state index contributed by atoms with van der Waals surface area (Å²) in [6.45, 7) is 5.05. The second-order valence-corrected chi connectivity index (χ2v) is 8.07. The maximum Gasteiger partial charge on any atom is 0.446 e. The molecule has 0 radical (unpaired) electrons. The van der Waals surface area contributed by atoms with Gasteiger partial charge in [-0.1, -0.05) is 13.8 Å². The van der Waals surface area contributed by atoms with Crippen molar-refractivity contribution in [2.45, 2.75) is 76.1 Å². The maximum atomic E-state index is 13.8. The van der Waals surface area contributed by atoms with Crippen LogP contribution < -0.4 is 0 Å². The van der Waals surface area contributed by atoms with Gasteiger partial charge in [-0.25, -0.2) is 15.0 Å². The van der Waals surface area contributed by atoms with Gasteiger partial charge in [0.2, 0.25) is 5.79 Å². The van der Waals surface area contributed by atoms with Gasteiger partial charge in [0.15, 0.2) is 11.9 Å². The van der Waals surface area contributed by atoms with Crippen LogP contribution in [0.2, 0.25) is 0 Å². The average molecular weight is 368 g/mol. The standard InChI is InChI=1S/C16H23F3O6/c1-8-4-5-11-9(2)15(23-20,16(17,18)19)22-12-14(11)10(8)6-7-13(3,21-12)24-25-14/h8-12,20H,4-7H2,1-3H3/t8-,9-,10+,11+,12+,13-,14-,15+/m1/s1. The smallest absolute Gasteiger partial charge is 0.315 e. The first-order valence-electron chi connectivity index (χ1n) is 8.71. The molecule has 25 heavy (non-hydrogen) atoms. The normalized spacial score (nSPS) is 55.6. The molecule has 0 aromatic heterocycles. The SMILES string of the molecule is C[C@@H]1CC[C@H]2[C@@H](C)[C@](OO)(C(F)(F)F)O[C@@H]3O[C@@]4(C)CC[C@@H]1[C@]32OO4. The van der Waals surface area contributed by atoms with Crippen molar-refractivity contribution in [1.29, 1.82) is 0 Å². The second kappa shape index (κ2) is 5.30. The highest BCUT2D eigenvalue weighted by atomic mass is 19.4. The first-order valence-corrected chi connectivity index (χ1v) is 8.71. The fourth-order valence-corrected chi connectivity index (χ4v) is 5.40. The monoisotopic (exact) mass is 368 g/mol. The molecule has 4 aliphatic heterocycles. The highest BCUT2D eigenvalue weighted by Crippen LogP contribution is 2.64. The summed E-state index contributed by atoms with van der Waals surface area (Å²) in [6.07, 6.45) is -3.84. The fraction of sp³-hybridized carbons (Fsp3) is 1.00. The number of halogens is 3. The predicted molar refractivity (Wildman–Crippen MR) is 75.5 cm³/mol. The summed E-state index contributed by atoms with van der Waals surface area (Å²) in [5.41, 5.74) is -1.14. The van der Waals surface area contributed by atoms with E-state index in [2.05, 4.69) is 11.8 Å². The molecular weight excluding hydrogens is 345 g/mol. The Kier molecular flexibility index (Phi) is 3.80. The van der Waals surface area contributed by atoms with Gasteiger partial charge in [-0.05, 0) is 38.0 Å². The number of fused-ring (bicyclic) bond motifs is 2. The topological polar surface area (TPSA) is 66.4 Å². The van der Waals surface area contributed by atoms with Crippen LogP contribution >= 0.6 is 0 Å². The summed E-state index contributed by atoms with van der Waals surface area (Å²) in [5, 5.41) is 9.22. The van der Waals surface area contributed by atoms with Crippen LogP contribution in [0, 0.1) is 23.7 Å². The highest BCUT2D eigenvalue weighted by molar-refractivity contribution is 5.12. The fourth-order valence-electron chi connectivity index (χ4n) is 5.40. The molecule has 2 bridgehead atoms. The molecule has 0 amide bonds. The number of ether oxygens (including phenoxy) is 2. The van der Waals surface area contributed by atoms with Gasteiger partial charge < -0.3 is 9.47 Å². The van der Waals surface area contributed by atoms with Gasteiger partial charge >= 0.3 is 12.0 Å². The average Bonchev–Trinajstić information content (AvgIpc) is 2.76. The Morgan fingerprint density at radius 1 is 1.04 bits per heavy atom. The Hall–Kier alpha value is -0.450. The van der Waals surface area contributed by atoms with E-state index >= 15 is 0 Å². The Bertz CT molecular complexity index is 558. The van der Waals surface area contributed by atoms with Crippen LogP contribution in [0.1, 0.15) is 46.5 Å². The number of hydrogen-bond donors (Lipinski definition) is 1. The molecule has 0 unspecified atom stereocenters. The lowest BCUT2D eigenvalue weighted by molar-refractivity contribution is -0.616. The summed E-state index contributed by atoms with van der Waals surface area (Å²) in [5.74, 6) is -5.96. The molecule has 4 saturated heterocycles. The van der Waals surface area contributed by atoms with Crippen molar-refractivity contribution in [3.63, 3.8) is 0 Å². The van der Waals surface area contributed by atoms with Crippen LogP contribution in [-0.2, 0) is 24.1 Å². The third kappa shape index (κ3) is 2.14. The Morgan fingerprint density at radius 3 is 2.40 bits per heavy atom. The molecule has 1 saturated carbocycles. The van der Waals surface area contributed by atoms with Gasteiger partial charge in [0.05, 0.1) is 0 Å². The minimum absolute atomic E-state index is 0.0621. The summed E-state index contributed by atoms with van der Waals surface area (Å²) < 4.78 is 52.6. The van der Waals surface area contributed by atoms with E-state index in [4.69, 9.17) is 19.2 Å². The van der Waals surface area contributed by atoms with Gasteiger partial charge in [-0.15, -0.1) is 0 Å². The van der Waals surface area contributed by atoms with Gasteiger partial charge in [0.1, 0.15) is 0 Å². The van der Waals surface area contributed by atoms with Crippen LogP contribution in [0.4, 0.5) is 13.2 Å². The minimum atomic E-state index is -4.93. The molecule has 9 heteroatoms. The van der Waals surface area contributed by atoms with Crippen LogP contribution in [0.15, 0.2) is 0 Å². The Morgan fingerprint density at radius 2 is 1.76 bits per heavy atom. The van der Waals surface area contributed by atoms with E-state index in [0.29, 0.717) is 19.3 Å². The van der Waals surface area contributed by atoms with E-state index in [1.165, 1.54) is 6.92 Å². The van der Waals surface area contributed by atoms with Crippen molar-refractivity contribution in [2.75, 3.05) is 0 Å². The van der Waals surface area contributed by atoms with Crippen LogP contribution in [-0.4, -0.2) is 34.9 Å². The molecule has 6 nitrogen and oxygen atoms in total. The zero-order chi connectivity index (χ0) is 18.3. The van der Waals surface area contributed by atoms with Crippen molar-refractivity contribution in [2.24, 2.45) is 23.7 Å². The van der Waals surface area contributed by atoms with Crippen molar-refractivity contribution >= 4 is 0 Å². The van der Waals surface area contributed by atoms with Crippen LogP contribution in [0.3, 0.4) is 0 Å². The second-order valence-electron chi connectivity index (χ2n) is 8.07. The molecule has 1 spiro atoms. The van der Waals surface area contributed by atoms with Crippen molar-refractivity contribution in [1.82, 2.24) is 0 Å². The quantitative estimate of drug-likeness (QED) is 0.563. The molecule has 5 aliphatic rings. The third-order valence-corrected chi connectivity index (χ3v) is 6.79. The largest absolute Gasteiger partial charge is 0.446 e. The predicted octanol–water partition coefficient (Wildman–Crippen LogP) is 3.62. The van der Waals surface area contributed by atoms with E-state index in [9.17, 15) is 18.4 Å². The first kappa shape index (κ1) is 17.9. The Balaban J connectivity index is 1.85. The number of hydrogen-bond acceptors (Lipinski definition) is 6. The van der Waals surface area contributed by atoms with E-state index in [0.717, 1.165) is 6.42 Å². The summed E-state index contributed by atoms with van der Waals surface area (Å²) in [7, 11) is 0. The van der Waals surface area contributed by atoms with E-state index in [1.807, 2.05) is 0 Å². The van der Waals surface area contributed by atoms with Gasteiger partial charge in [0.25, 0.3) is 0 Å². The lowest BCUT2D eigenvalue weighted by Crippen LogP contribution is -2.75. The molecule has 8 atom stereocenters. The van der Waals surface area contributed by atoms with E-state index in [-0.39, 0.29) is 11.8 Å². The van der Waals surface area contributed by atoms with Crippen molar-refractivity contribution in [3.8, 4) is 0 Å². The molecule has 4 heterocycles. The van der Waals surface area contributed by atoms with Crippen molar-refractivity contribution < 1.29 is 42.6 Å². The highest BCUT2D eigenvalue weighted by Gasteiger charge is 2.77. The zero-order valence-corrected chi connectivity index (χ0v) is 14.3. The summed E-state index contributed by atoms with van der Waals surface area (Å²) in [4.78, 5) is 15.3. The molecule has 5 fully saturated rings. The molecular formula is C16H23F3O6. The molecule has 144 valence electrons. The molecule has 1 aliphatic carbocycles. The summed E-state index contributed by atoms with van der Waals surface area (Å²) in [6, 6.07) is 0. The Labute approximate surface area is 143 Å². The maximum absolute atomic E-state index is 13.8. The van der Waals surface area contributed by atoms with Gasteiger partial charge in [0, 0.05) is 18.3 Å². The minimum Gasteiger partial charge on any atom is -0.315 e. The van der Waals surface area contributed by atoms with Crippen LogP contribution in [0.25, 0.3) is 0 Å². The van der Waals surface area contributed by atoms with E-state index in [1.54, 1.807) is 6.92 Å². The van der Waals surface area contributed by atoms with Crippen LogP contribution in [0.5, 0.6) is 0 Å². The molecule has 0 aromatic carbocycles. The number of alkyl halides is 3. The van der Waals surface area contributed by atoms with Gasteiger partial charge in [-0.2, -0.15) is 18.1 Å². The molecule has 0 aromatic rings. The first-order chi connectivity index (χ1) is 11.6. The van der Waals surface area contributed by atoms with E-state index < -0.39 is 41.5 Å². The number of rotatable bonds is 1. The molecule has 1 N–H and O–H groups in total. The third-order valence-electron chi connectivity index (χ3n) is 6.79. The molecule has 5 rings (SSSR count). The zero-order valence-electron chi connectivity index (χ0n) is 14.3. The van der Waals surface area contributed by atoms with Crippen molar-refractivity contribution in [3.05, 3.63) is 0 Å². The lowest BCUT2D eigenvalue weighted by Gasteiger charge is -2.62.